The molecule has 0 saturated heterocycles. The second-order valence-corrected chi connectivity index (χ2v) is 4.70. The van der Waals surface area contributed by atoms with Gasteiger partial charge in [-0.3, -0.25) is 4.99 Å². The minimum absolute atomic E-state index is 0.592. The van der Waals surface area contributed by atoms with Gasteiger partial charge in [-0.15, -0.1) is 0 Å². The average molecular weight is 254 g/mol. The molecular weight excluding hydrogens is 234 g/mol. The number of nitrogens with one attached hydrogen (secondary N) is 2. The largest absolute Gasteiger partial charge is 0.356 e. The van der Waals surface area contributed by atoms with E-state index >= 15 is 0 Å². The van der Waals surface area contributed by atoms with Gasteiger partial charge in [-0.05, 0) is 17.5 Å². The standard InChI is InChI=1S/C13H20ClN3/c1-10(2)8-16-13(15-3)17-9-11-6-4-5-7-12(11)14/h4-7,10H,8-9H2,1-3H3,(H2,15,16,17). The van der Waals surface area contributed by atoms with Crippen LogP contribution < -0.4 is 10.6 Å². The summed E-state index contributed by atoms with van der Waals surface area (Å²) in [7, 11) is 1.77. The zero-order valence-electron chi connectivity index (χ0n) is 10.6. The molecule has 0 bridgehead atoms. The molecule has 0 aliphatic heterocycles. The van der Waals surface area contributed by atoms with Gasteiger partial charge in [0.15, 0.2) is 5.96 Å². The van der Waals surface area contributed by atoms with E-state index in [4.69, 9.17) is 11.6 Å². The fourth-order valence-corrected chi connectivity index (χ4v) is 1.54. The fraction of sp³-hybridized carbons (Fsp3) is 0.462. The number of aliphatic imine (C=N–C) groups is 1. The van der Waals surface area contributed by atoms with E-state index in [1.807, 2.05) is 24.3 Å². The van der Waals surface area contributed by atoms with Crippen LogP contribution in [0.3, 0.4) is 0 Å². The monoisotopic (exact) mass is 253 g/mol. The van der Waals surface area contributed by atoms with E-state index in [-0.39, 0.29) is 0 Å². The molecule has 4 heteroatoms. The number of guanidine groups is 1. The van der Waals surface area contributed by atoms with E-state index in [1.54, 1.807) is 7.05 Å². The third kappa shape index (κ3) is 5.09. The zero-order valence-corrected chi connectivity index (χ0v) is 11.4. The average Bonchev–Trinajstić information content (AvgIpc) is 2.31. The Morgan fingerprint density at radius 3 is 2.59 bits per heavy atom. The van der Waals surface area contributed by atoms with Gasteiger partial charge >= 0.3 is 0 Å². The van der Waals surface area contributed by atoms with Gasteiger partial charge in [-0.2, -0.15) is 0 Å². The van der Waals surface area contributed by atoms with E-state index in [9.17, 15) is 0 Å². The van der Waals surface area contributed by atoms with Gasteiger partial charge < -0.3 is 10.6 Å². The molecule has 0 aliphatic carbocycles. The summed E-state index contributed by atoms with van der Waals surface area (Å²) < 4.78 is 0. The minimum atomic E-state index is 0.592. The van der Waals surface area contributed by atoms with Gasteiger partial charge in [0.25, 0.3) is 0 Å². The summed E-state index contributed by atoms with van der Waals surface area (Å²) in [5, 5.41) is 7.27. The third-order valence-corrected chi connectivity index (χ3v) is 2.67. The van der Waals surface area contributed by atoms with Crippen molar-refractivity contribution < 1.29 is 0 Å². The maximum atomic E-state index is 6.08. The van der Waals surface area contributed by atoms with Crippen LogP contribution in [0.2, 0.25) is 5.02 Å². The van der Waals surface area contributed by atoms with Crippen molar-refractivity contribution in [3.63, 3.8) is 0 Å². The van der Waals surface area contributed by atoms with Crippen LogP contribution in [0.25, 0.3) is 0 Å². The highest BCUT2D eigenvalue weighted by Gasteiger charge is 2.01. The van der Waals surface area contributed by atoms with Crippen LogP contribution in [0.5, 0.6) is 0 Å². The van der Waals surface area contributed by atoms with Crippen LogP contribution in [-0.2, 0) is 6.54 Å². The molecule has 2 N–H and O–H groups in total. The van der Waals surface area contributed by atoms with Crippen molar-refractivity contribution in [1.82, 2.24) is 10.6 Å². The van der Waals surface area contributed by atoms with Crippen LogP contribution in [0, 0.1) is 5.92 Å². The Morgan fingerprint density at radius 1 is 1.29 bits per heavy atom. The molecule has 0 atom stereocenters. The molecule has 0 aliphatic rings. The quantitative estimate of drug-likeness (QED) is 0.639. The van der Waals surface area contributed by atoms with E-state index in [0.29, 0.717) is 12.5 Å². The summed E-state index contributed by atoms with van der Waals surface area (Å²) >= 11 is 6.08. The molecule has 0 amide bonds. The summed E-state index contributed by atoms with van der Waals surface area (Å²) in [6, 6.07) is 7.80. The first-order chi connectivity index (χ1) is 8.13. The number of hydrogen-bond acceptors (Lipinski definition) is 1. The summed E-state index contributed by atoms with van der Waals surface area (Å²) in [5.74, 6) is 1.40. The summed E-state index contributed by atoms with van der Waals surface area (Å²) in [6.45, 7) is 5.91. The predicted octanol–water partition coefficient (Wildman–Crippen LogP) is 2.66. The molecule has 1 aromatic carbocycles. The smallest absolute Gasteiger partial charge is 0.191 e. The highest BCUT2D eigenvalue weighted by atomic mass is 35.5. The van der Waals surface area contributed by atoms with Crippen molar-refractivity contribution >= 4 is 17.6 Å². The second kappa shape index (κ2) is 7.17. The lowest BCUT2D eigenvalue weighted by molar-refractivity contribution is 0.614. The lowest BCUT2D eigenvalue weighted by Gasteiger charge is -2.13. The Hall–Kier alpha value is -1.22. The Labute approximate surface area is 108 Å². The summed E-state index contributed by atoms with van der Waals surface area (Å²) in [6.07, 6.45) is 0. The summed E-state index contributed by atoms with van der Waals surface area (Å²) in [4.78, 5) is 4.16. The van der Waals surface area contributed by atoms with Crippen LogP contribution in [0.4, 0.5) is 0 Å². The van der Waals surface area contributed by atoms with Crippen LogP contribution in [0.15, 0.2) is 29.3 Å². The van der Waals surface area contributed by atoms with Crippen molar-refractivity contribution in [2.24, 2.45) is 10.9 Å². The van der Waals surface area contributed by atoms with Crippen molar-refractivity contribution in [1.29, 1.82) is 0 Å². The molecule has 1 rings (SSSR count). The lowest BCUT2D eigenvalue weighted by atomic mass is 10.2. The molecule has 0 aromatic heterocycles. The van der Waals surface area contributed by atoms with Crippen LogP contribution >= 0.6 is 11.6 Å². The molecule has 0 unspecified atom stereocenters. The first-order valence-electron chi connectivity index (χ1n) is 5.81. The van der Waals surface area contributed by atoms with E-state index in [2.05, 4.69) is 29.5 Å². The molecule has 0 heterocycles. The van der Waals surface area contributed by atoms with E-state index < -0.39 is 0 Å². The van der Waals surface area contributed by atoms with Gasteiger partial charge in [0.1, 0.15) is 0 Å². The highest BCUT2D eigenvalue weighted by molar-refractivity contribution is 6.31. The number of benzene rings is 1. The van der Waals surface area contributed by atoms with Gasteiger partial charge in [-0.1, -0.05) is 43.6 Å². The van der Waals surface area contributed by atoms with Gasteiger partial charge in [0.05, 0.1) is 0 Å². The maximum absolute atomic E-state index is 6.08. The summed E-state index contributed by atoms with van der Waals surface area (Å²) in [5.41, 5.74) is 1.07. The SMILES string of the molecule is CN=C(NCc1ccccc1Cl)NCC(C)C. The van der Waals surface area contributed by atoms with Crippen molar-refractivity contribution in [3.05, 3.63) is 34.9 Å². The number of halogens is 1. The minimum Gasteiger partial charge on any atom is -0.356 e. The first-order valence-corrected chi connectivity index (χ1v) is 6.19. The normalized spacial score (nSPS) is 11.7. The molecule has 0 spiro atoms. The predicted molar refractivity (Wildman–Crippen MR) is 74.5 cm³/mol. The van der Waals surface area contributed by atoms with Crippen LogP contribution in [0.1, 0.15) is 19.4 Å². The molecule has 17 heavy (non-hydrogen) atoms. The van der Waals surface area contributed by atoms with Crippen molar-refractivity contribution in [2.45, 2.75) is 20.4 Å². The van der Waals surface area contributed by atoms with Crippen molar-refractivity contribution in [2.75, 3.05) is 13.6 Å². The van der Waals surface area contributed by atoms with E-state index in [1.165, 1.54) is 0 Å². The molecule has 0 saturated carbocycles. The van der Waals surface area contributed by atoms with E-state index in [0.717, 1.165) is 23.1 Å². The van der Waals surface area contributed by atoms with Gasteiger partial charge in [0.2, 0.25) is 0 Å². The molecule has 0 fully saturated rings. The second-order valence-electron chi connectivity index (χ2n) is 4.29. The number of hydrogen-bond donors (Lipinski definition) is 2. The van der Waals surface area contributed by atoms with Gasteiger partial charge in [-0.25, -0.2) is 0 Å². The number of nitrogens with zero attached hydrogens (tertiary/aromatic N) is 1. The Balaban J connectivity index is 2.46. The van der Waals surface area contributed by atoms with Crippen molar-refractivity contribution in [3.8, 4) is 0 Å². The topological polar surface area (TPSA) is 36.4 Å². The van der Waals surface area contributed by atoms with Gasteiger partial charge in [0, 0.05) is 25.2 Å². The molecular formula is C13H20ClN3. The first kappa shape index (κ1) is 13.8. The number of rotatable bonds is 4. The Bertz CT molecular complexity index is 375. The molecule has 0 radical (unpaired) electrons. The Kier molecular flexibility index (Phi) is 5.84. The molecule has 3 nitrogen and oxygen atoms in total. The molecule has 94 valence electrons. The van der Waals surface area contributed by atoms with Crippen LogP contribution in [-0.4, -0.2) is 19.6 Å². The Morgan fingerprint density at radius 2 is 2.00 bits per heavy atom. The fourth-order valence-electron chi connectivity index (χ4n) is 1.34. The third-order valence-electron chi connectivity index (χ3n) is 2.31. The maximum Gasteiger partial charge on any atom is 0.191 e. The highest BCUT2D eigenvalue weighted by Crippen LogP contribution is 2.14. The molecule has 1 aromatic rings. The lowest BCUT2D eigenvalue weighted by Crippen LogP contribution is -2.38. The zero-order chi connectivity index (χ0) is 12.7.